The van der Waals surface area contributed by atoms with Crippen LogP contribution in [0.5, 0.6) is 0 Å². The van der Waals surface area contributed by atoms with E-state index in [0.29, 0.717) is 41.2 Å². The quantitative estimate of drug-likeness (QED) is 0.825. The highest BCUT2D eigenvalue weighted by atomic mass is 35.5. The van der Waals surface area contributed by atoms with Crippen LogP contribution in [0.15, 0.2) is 11.1 Å². The van der Waals surface area contributed by atoms with Crippen molar-refractivity contribution >= 4 is 23.2 Å². The maximum atomic E-state index is 12.3. The van der Waals surface area contributed by atoms with E-state index in [1.807, 2.05) is 20.8 Å². The van der Waals surface area contributed by atoms with Crippen LogP contribution in [-0.4, -0.2) is 31.4 Å². The summed E-state index contributed by atoms with van der Waals surface area (Å²) in [6, 6.07) is 0. The molecule has 1 aliphatic rings. The molecule has 128 valence electrons. The summed E-state index contributed by atoms with van der Waals surface area (Å²) in [6.45, 7) is 7.91. The predicted octanol–water partition coefficient (Wildman–Crippen LogP) is 2.72. The van der Waals surface area contributed by atoms with Gasteiger partial charge in [0.1, 0.15) is 22.5 Å². The van der Waals surface area contributed by atoms with Crippen LogP contribution < -0.4 is 5.56 Å². The molecule has 1 aliphatic heterocycles. The monoisotopic (exact) mass is 367 g/mol. The van der Waals surface area contributed by atoms with E-state index in [0.717, 1.165) is 17.8 Å². The molecule has 0 aliphatic carbocycles. The van der Waals surface area contributed by atoms with Crippen molar-refractivity contribution in [2.45, 2.75) is 45.7 Å². The molecule has 0 amide bonds. The average molecular weight is 368 g/mol. The number of hydrogen-bond donors (Lipinski definition) is 1. The van der Waals surface area contributed by atoms with Crippen molar-refractivity contribution in [1.82, 2.24) is 24.8 Å². The molecule has 2 aromatic heterocycles. The van der Waals surface area contributed by atoms with Crippen LogP contribution >= 0.6 is 23.2 Å². The Morgan fingerprint density at radius 3 is 2.54 bits per heavy atom. The van der Waals surface area contributed by atoms with Crippen molar-refractivity contribution in [3.63, 3.8) is 0 Å². The van der Waals surface area contributed by atoms with Crippen LogP contribution in [0.2, 0.25) is 10.3 Å². The van der Waals surface area contributed by atoms with Crippen LogP contribution in [0.1, 0.15) is 43.4 Å². The highest BCUT2D eigenvalue weighted by molar-refractivity contribution is 6.34. The maximum Gasteiger partial charge on any atom is 0.254 e. The number of aromatic amines is 1. The van der Waals surface area contributed by atoms with Crippen LogP contribution in [0.25, 0.3) is 0 Å². The van der Waals surface area contributed by atoms with Crippen LogP contribution in [0.4, 0.5) is 0 Å². The molecule has 0 atom stereocenters. The molecule has 0 unspecified atom stereocenters. The molecule has 0 saturated heterocycles. The minimum atomic E-state index is -0.212. The fourth-order valence-electron chi connectivity index (χ4n) is 2.71. The summed E-state index contributed by atoms with van der Waals surface area (Å²) in [4.78, 5) is 30.0. The van der Waals surface area contributed by atoms with Gasteiger partial charge in [0.05, 0.1) is 5.69 Å². The molecule has 0 saturated carbocycles. The molecule has 0 spiro atoms. The van der Waals surface area contributed by atoms with Gasteiger partial charge in [-0.3, -0.25) is 9.69 Å². The Labute approximate surface area is 150 Å². The molecular formula is C16H19Cl2N5O. The normalized spacial score (nSPS) is 15.4. The Hall–Kier alpha value is -1.50. The van der Waals surface area contributed by atoms with E-state index >= 15 is 0 Å². The summed E-state index contributed by atoms with van der Waals surface area (Å²) in [6.07, 6.45) is 1.99. The zero-order valence-electron chi connectivity index (χ0n) is 13.9. The van der Waals surface area contributed by atoms with Gasteiger partial charge in [-0.1, -0.05) is 44.0 Å². The first kappa shape index (κ1) is 17.3. The maximum absolute atomic E-state index is 12.3. The molecule has 0 radical (unpaired) electrons. The summed E-state index contributed by atoms with van der Waals surface area (Å²) in [5.74, 6) is 0.701. The highest BCUT2D eigenvalue weighted by Gasteiger charge is 2.25. The van der Waals surface area contributed by atoms with Gasteiger partial charge in [0, 0.05) is 36.2 Å². The lowest BCUT2D eigenvalue weighted by molar-refractivity contribution is 0.239. The smallest absolute Gasteiger partial charge is 0.254 e. The third-order valence-corrected chi connectivity index (χ3v) is 4.74. The molecule has 3 rings (SSSR count). The number of H-pyrrole nitrogens is 1. The van der Waals surface area contributed by atoms with Gasteiger partial charge in [0.25, 0.3) is 5.56 Å². The number of aromatic nitrogens is 4. The Balaban J connectivity index is 1.89. The third kappa shape index (κ3) is 3.45. The number of fused-ring (bicyclic) bond motifs is 1. The summed E-state index contributed by atoms with van der Waals surface area (Å²) in [5, 5.41) is 0.713. The summed E-state index contributed by atoms with van der Waals surface area (Å²) < 4.78 is 0. The Morgan fingerprint density at radius 2 is 1.92 bits per heavy atom. The fraction of sp³-hybridized carbons (Fsp3) is 0.500. The average Bonchev–Trinajstić information content (AvgIpc) is 2.50. The van der Waals surface area contributed by atoms with Crippen molar-refractivity contribution < 1.29 is 0 Å². The summed E-state index contributed by atoms with van der Waals surface area (Å²) in [5.41, 5.74) is 2.03. The van der Waals surface area contributed by atoms with E-state index in [1.54, 1.807) is 0 Å². The highest BCUT2D eigenvalue weighted by Crippen LogP contribution is 2.25. The van der Waals surface area contributed by atoms with Gasteiger partial charge in [-0.2, -0.15) is 0 Å². The molecule has 0 bridgehead atoms. The number of hydrogen-bond acceptors (Lipinski definition) is 5. The first-order valence-corrected chi connectivity index (χ1v) is 8.51. The topological polar surface area (TPSA) is 74.8 Å². The zero-order valence-corrected chi connectivity index (χ0v) is 15.4. The second-order valence-electron chi connectivity index (χ2n) is 6.98. The van der Waals surface area contributed by atoms with Crippen molar-refractivity contribution in [2.75, 3.05) is 6.54 Å². The number of halogens is 2. The van der Waals surface area contributed by atoms with Gasteiger partial charge in [-0.15, -0.1) is 0 Å². The van der Waals surface area contributed by atoms with Gasteiger partial charge >= 0.3 is 0 Å². The molecule has 8 heteroatoms. The lowest BCUT2D eigenvalue weighted by atomic mass is 9.95. The third-order valence-electron chi connectivity index (χ3n) is 4.08. The zero-order chi connectivity index (χ0) is 17.5. The van der Waals surface area contributed by atoms with E-state index < -0.39 is 0 Å². The van der Waals surface area contributed by atoms with Crippen LogP contribution in [0.3, 0.4) is 0 Å². The van der Waals surface area contributed by atoms with Gasteiger partial charge in [0.15, 0.2) is 0 Å². The molecule has 2 aromatic rings. The molecule has 0 aromatic carbocycles. The van der Waals surface area contributed by atoms with E-state index in [4.69, 9.17) is 23.2 Å². The Morgan fingerprint density at radius 1 is 1.25 bits per heavy atom. The van der Waals surface area contributed by atoms with Crippen LogP contribution in [-0.2, 0) is 24.9 Å². The lowest BCUT2D eigenvalue weighted by Gasteiger charge is -2.29. The van der Waals surface area contributed by atoms with Gasteiger partial charge in [-0.25, -0.2) is 15.0 Å². The molecule has 6 nitrogen and oxygen atoms in total. The second kappa shape index (κ2) is 6.43. The molecule has 0 fully saturated rings. The number of nitrogens with zero attached hydrogens (tertiary/aromatic N) is 4. The minimum Gasteiger partial charge on any atom is -0.310 e. The van der Waals surface area contributed by atoms with Crippen LogP contribution in [0, 0.1) is 0 Å². The Bertz CT molecular complexity index is 808. The van der Waals surface area contributed by atoms with E-state index in [-0.39, 0.29) is 11.0 Å². The predicted molar refractivity (Wildman–Crippen MR) is 93.4 cm³/mol. The minimum absolute atomic E-state index is 0.0383. The molecule has 3 heterocycles. The van der Waals surface area contributed by atoms with Gasteiger partial charge in [0.2, 0.25) is 0 Å². The molecule has 1 N–H and O–H groups in total. The fourth-order valence-corrected chi connectivity index (χ4v) is 3.14. The number of nitrogens with one attached hydrogen (secondary N) is 1. The first-order valence-electron chi connectivity index (χ1n) is 7.75. The largest absolute Gasteiger partial charge is 0.310 e. The summed E-state index contributed by atoms with van der Waals surface area (Å²) in [7, 11) is 0. The second-order valence-corrected chi connectivity index (χ2v) is 7.70. The summed E-state index contributed by atoms with van der Waals surface area (Å²) >= 11 is 12.3. The van der Waals surface area contributed by atoms with Crippen molar-refractivity contribution in [2.24, 2.45) is 0 Å². The number of rotatable bonds is 2. The SMILES string of the molecule is CC(C)(C)c1nc2c(c(=O)[nH]1)CCN(Cc1c(Cl)ncnc1Cl)C2. The van der Waals surface area contributed by atoms with Crippen molar-refractivity contribution in [3.8, 4) is 0 Å². The molecule has 24 heavy (non-hydrogen) atoms. The molecular weight excluding hydrogens is 349 g/mol. The van der Waals surface area contributed by atoms with E-state index in [1.165, 1.54) is 6.33 Å². The standard InChI is InChI=1S/C16H19Cl2N5O/c1-16(2,3)15-21-11-7-23(5-4-9(11)14(24)22-15)6-10-12(17)19-8-20-13(10)18/h8H,4-7H2,1-3H3,(H,21,22,24). The van der Waals surface area contributed by atoms with Gasteiger partial charge in [-0.05, 0) is 6.42 Å². The lowest BCUT2D eigenvalue weighted by Crippen LogP contribution is -2.36. The first-order chi connectivity index (χ1) is 11.3. The Kier molecular flexibility index (Phi) is 4.64. The van der Waals surface area contributed by atoms with Gasteiger partial charge < -0.3 is 4.98 Å². The van der Waals surface area contributed by atoms with E-state index in [2.05, 4.69) is 24.8 Å². The van der Waals surface area contributed by atoms with E-state index in [9.17, 15) is 4.79 Å². The van der Waals surface area contributed by atoms with Crippen molar-refractivity contribution in [1.29, 1.82) is 0 Å². The van der Waals surface area contributed by atoms with Crippen molar-refractivity contribution in [3.05, 3.63) is 49.6 Å².